The van der Waals surface area contributed by atoms with E-state index in [-0.39, 0.29) is 5.56 Å². The second-order valence-electron chi connectivity index (χ2n) is 9.05. The van der Waals surface area contributed by atoms with Crippen LogP contribution in [0.3, 0.4) is 0 Å². The third kappa shape index (κ3) is 4.85. The lowest BCUT2D eigenvalue weighted by atomic mass is 9.80. The van der Waals surface area contributed by atoms with Crippen molar-refractivity contribution in [1.29, 1.82) is 0 Å². The molecule has 1 saturated carbocycles. The molecule has 3 heterocycles. The zero-order valence-electron chi connectivity index (χ0n) is 19.3. The second kappa shape index (κ2) is 9.60. The standard InChI is InChI=1S/C25H30N4O5/c1-32-19-2-3-20-21(13-19)29(24(30)16-28-20)9-8-25(31)6-4-17(5-7-25)26-14-18-12-22-23(15-27-18)34-11-10-33-22/h2-3,12-13,15-17,26,31H,4-11,14H2,1H3. The van der Waals surface area contributed by atoms with Crippen molar-refractivity contribution in [2.24, 2.45) is 0 Å². The molecule has 1 aliphatic heterocycles. The molecule has 2 aliphatic rings. The molecule has 5 rings (SSSR count). The van der Waals surface area contributed by atoms with E-state index in [2.05, 4.69) is 15.3 Å². The third-order valence-electron chi connectivity index (χ3n) is 6.83. The first kappa shape index (κ1) is 22.6. The zero-order chi connectivity index (χ0) is 23.5. The Kier molecular flexibility index (Phi) is 6.38. The van der Waals surface area contributed by atoms with E-state index in [1.807, 2.05) is 24.3 Å². The Bertz CT molecular complexity index is 1220. The van der Waals surface area contributed by atoms with Gasteiger partial charge in [-0.3, -0.25) is 9.78 Å². The summed E-state index contributed by atoms with van der Waals surface area (Å²) in [7, 11) is 1.60. The summed E-state index contributed by atoms with van der Waals surface area (Å²) in [6, 6.07) is 7.72. The number of benzene rings is 1. The average Bonchev–Trinajstić information content (AvgIpc) is 2.87. The molecule has 2 N–H and O–H groups in total. The number of hydrogen-bond donors (Lipinski definition) is 2. The number of aliphatic hydroxyl groups is 1. The summed E-state index contributed by atoms with van der Waals surface area (Å²) in [6.45, 7) is 2.18. The van der Waals surface area contributed by atoms with Gasteiger partial charge in [-0.05, 0) is 44.2 Å². The van der Waals surface area contributed by atoms with Crippen molar-refractivity contribution < 1.29 is 19.3 Å². The van der Waals surface area contributed by atoms with Crippen molar-refractivity contribution in [3.05, 3.63) is 52.7 Å². The van der Waals surface area contributed by atoms with Crippen molar-refractivity contribution in [2.75, 3.05) is 20.3 Å². The van der Waals surface area contributed by atoms with Gasteiger partial charge in [0.15, 0.2) is 11.5 Å². The Labute approximate surface area is 197 Å². The van der Waals surface area contributed by atoms with Crippen molar-refractivity contribution >= 4 is 11.0 Å². The van der Waals surface area contributed by atoms with Gasteiger partial charge in [-0.2, -0.15) is 0 Å². The first-order valence-corrected chi connectivity index (χ1v) is 11.8. The number of fused-ring (bicyclic) bond motifs is 2. The van der Waals surface area contributed by atoms with E-state index in [1.54, 1.807) is 17.9 Å². The molecular weight excluding hydrogens is 436 g/mol. The normalized spacial score (nSPS) is 22.0. The summed E-state index contributed by atoms with van der Waals surface area (Å²) in [6.07, 6.45) is 6.65. The lowest BCUT2D eigenvalue weighted by Gasteiger charge is -2.36. The van der Waals surface area contributed by atoms with Gasteiger partial charge in [-0.1, -0.05) is 0 Å². The molecule has 1 aromatic carbocycles. The number of rotatable bonds is 7. The number of nitrogens with zero attached hydrogens (tertiary/aromatic N) is 3. The first-order chi connectivity index (χ1) is 16.5. The highest BCUT2D eigenvalue weighted by atomic mass is 16.6. The highest BCUT2D eigenvalue weighted by Crippen LogP contribution is 2.33. The van der Waals surface area contributed by atoms with Crippen LogP contribution in [-0.2, 0) is 13.1 Å². The van der Waals surface area contributed by atoms with Gasteiger partial charge in [0.05, 0.1) is 41.8 Å². The fourth-order valence-corrected chi connectivity index (χ4v) is 4.76. The quantitative estimate of drug-likeness (QED) is 0.547. The number of aryl methyl sites for hydroxylation is 1. The molecule has 0 atom stereocenters. The summed E-state index contributed by atoms with van der Waals surface area (Å²) < 4.78 is 18.1. The van der Waals surface area contributed by atoms with Crippen molar-refractivity contribution in [2.45, 2.75) is 56.8 Å². The van der Waals surface area contributed by atoms with Gasteiger partial charge in [0, 0.05) is 31.3 Å². The van der Waals surface area contributed by atoms with E-state index < -0.39 is 5.60 Å². The van der Waals surface area contributed by atoms with E-state index in [4.69, 9.17) is 14.2 Å². The zero-order valence-corrected chi connectivity index (χ0v) is 19.3. The van der Waals surface area contributed by atoms with Crippen LogP contribution < -0.4 is 25.1 Å². The Morgan fingerprint density at radius 3 is 2.74 bits per heavy atom. The van der Waals surface area contributed by atoms with Crippen molar-refractivity contribution in [1.82, 2.24) is 19.9 Å². The van der Waals surface area contributed by atoms with Crippen LogP contribution >= 0.6 is 0 Å². The van der Waals surface area contributed by atoms with Crippen LogP contribution in [-0.4, -0.2) is 51.6 Å². The lowest BCUT2D eigenvalue weighted by Crippen LogP contribution is -2.42. The molecule has 2 aromatic heterocycles. The van der Waals surface area contributed by atoms with E-state index >= 15 is 0 Å². The van der Waals surface area contributed by atoms with Crippen LogP contribution in [0.15, 0.2) is 41.5 Å². The van der Waals surface area contributed by atoms with Gasteiger partial charge in [-0.25, -0.2) is 4.98 Å². The van der Waals surface area contributed by atoms with Crippen LogP contribution in [0, 0.1) is 0 Å². The molecule has 180 valence electrons. The van der Waals surface area contributed by atoms with Crippen LogP contribution in [0.4, 0.5) is 0 Å². The monoisotopic (exact) mass is 466 g/mol. The summed E-state index contributed by atoms with van der Waals surface area (Å²) >= 11 is 0. The highest BCUT2D eigenvalue weighted by Gasteiger charge is 2.33. The Morgan fingerprint density at radius 2 is 1.94 bits per heavy atom. The molecule has 0 unspecified atom stereocenters. The Balaban J connectivity index is 1.17. The number of methoxy groups -OCH3 is 1. The maximum atomic E-state index is 12.5. The smallest absolute Gasteiger partial charge is 0.269 e. The van der Waals surface area contributed by atoms with Gasteiger partial charge in [-0.15, -0.1) is 0 Å². The molecule has 34 heavy (non-hydrogen) atoms. The molecule has 1 fully saturated rings. The summed E-state index contributed by atoms with van der Waals surface area (Å²) in [5, 5.41) is 14.8. The number of hydrogen-bond acceptors (Lipinski definition) is 8. The fourth-order valence-electron chi connectivity index (χ4n) is 4.76. The number of nitrogens with one attached hydrogen (secondary N) is 1. The average molecular weight is 467 g/mol. The fraction of sp³-hybridized carbons (Fsp3) is 0.480. The molecule has 0 amide bonds. The molecule has 9 nitrogen and oxygen atoms in total. The maximum absolute atomic E-state index is 12.5. The molecule has 0 saturated heterocycles. The van der Waals surface area contributed by atoms with Gasteiger partial charge in [0.1, 0.15) is 19.0 Å². The maximum Gasteiger partial charge on any atom is 0.269 e. The molecule has 0 spiro atoms. The van der Waals surface area contributed by atoms with Gasteiger partial charge < -0.3 is 29.2 Å². The topological polar surface area (TPSA) is 108 Å². The summed E-state index contributed by atoms with van der Waals surface area (Å²) in [5.74, 6) is 2.11. The highest BCUT2D eigenvalue weighted by molar-refractivity contribution is 5.76. The summed E-state index contributed by atoms with van der Waals surface area (Å²) in [4.78, 5) is 21.2. The lowest BCUT2D eigenvalue weighted by molar-refractivity contribution is -0.0144. The number of aromatic nitrogens is 3. The number of ether oxygens (including phenoxy) is 3. The minimum absolute atomic E-state index is 0.174. The van der Waals surface area contributed by atoms with Crippen LogP contribution in [0.25, 0.3) is 11.0 Å². The van der Waals surface area contributed by atoms with Crippen molar-refractivity contribution in [3.63, 3.8) is 0 Å². The van der Waals surface area contributed by atoms with E-state index in [1.165, 1.54) is 6.20 Å². The van der Waals surface area contributed by atoms with Crippen molar-refractivity contribution in [3.8, 4) is 17.2 Å². The van der Waals surface area contributed by atoms with Crippen LogP contribution in [0.5, 0.6) is 17.2 Å². The minimum Gasteiger partial charge on any atom is -0.497 e. The third-order valence-corrected chi connectivity index (χ3v) is 6.83. The molecule has 9 heteroatoms. The SMILES string of the molecule is COc1ccc2ncc(=O)n(CCC3(O)CCC(NCc4cc5c(cn4)OCCO5)CC3)c2c1. The van der Waals surface area contributed by atoms with E-state index in [0.29, 0.717) is 63.1 Å². The van der Waals surface area contributed by atoms with Gasteiger partial charge in [0.25, 0.3) is 5.56 Å². The molecule has 0 bridgehead atoms. The first-order valence-electron chi connectivity index (χ1n) is 11.8. The Morgan fingerprint density at radius 1 is 1.15 bits per heavy atom. The van der Waals surface area contributed by atoms with E-state index in [0.717, 1.165) is 35.3 Å². The van der Waals surface area contributed by atoms with E-state index in [9.17, 15) is 9.90 Å². The van der Waals surface area contributed by atoms with Crippen LogP contribution in [0.1, 0.15) is 37.8 Å². The Hall–Kier alpha value is -3.17. The molecule has 3 aromatic rings. The molecule has 1 aliphatic carbocycles. The molecular formula is C25H30N4O5. The van der Waals surface area contributed by atoms with Gasteiger partial charge in [0.2, 0.25) is 0 Å². The van der Waals surface area contributed by atoms with Gasteiger partial charge >= 0.3 is 0 Å². The summed E-state index contributed by atoms with van der Waals surface area (Å²) in [5.41, 5.74) is 1.39. The minimum atomic E-state index is -0.790. The predicted molar refractivity (Wildman–Crippen MR) is 126 cm³/mol. The van der Waals surface area contributed by atoms with Crippen LogP contribution in [0.2, 0.25) is 0 Å². The number of pyridine rings is 1. The molecule has 0 radical (unpaired) electrons. The largest absolute Gasteiger partial charge is 0.497 e. The second-order valence-corrected chi connectivity index (χ2v) is 9.05. The predicted octanol–water partition coefficient (Wildman–Crippen LogP) is 2.42.